The van der Waals surface area contributed by atoms with Crippen LogP contribution in [0, 0.1) is 0 Å². The van der Waals surface area contributed by atoms with E-state index in [1.165, 1.54) is 11.1 Å². The number of hydrogen-bond acceptors (Lipinski definition) is 5. The third-order valence-electron chi connectivity index (χ3n) is 7.51. The minimum absolute atomic E-state index is 0.0806. The molecule has 0 bridgehead atoms. The molecule has 32 heavy (non-hydrogen) atoms. The van der Waals surface area contributed by atoms with Crippen LogP contribution in [-0.4, -0.2) is 81.9 Å². The number of fused-ring (bicyclic) bond motifs is 1. The summed E-state index contributed by atoms with van der Waals surface area (Å²) in [5, 5.41) is 10.9. The molecule has 2 aliphatic heterocycles. The van der Waals surface area contributed by atoms with Crippen molar-refractivity contribution in [1.82, 2.24) is 14.7 Å². The summed E-state index contributed by atoms with van der Waals surface area (Å²) >= 11 is 3.56. The molecule has 0 spiro atoms. The molecule has 1 aromatic rings. The summed E-state index contributed by atoms with van der Waals surface area (Å²) in [5.41, 5.74) is 2.17. The number of halogens is 1. The molecule has 6 nitrogen and oxygen atoms in total. The Morgan fingerprint density at radius 3 is 2.50 bits per heavy atom. The van der Waals surface area contributed by atoms with E-state index in [9.17, 15) is 9.90 Å². The molecule has 0 radical (unpaired) electrons. The lowest BCUT2D eigenvalue weighted by atomic mass is 9.86. The zero-order valence-electron chi connectivity index (χ0n) is 20.1. The third kappa shape index (κ3) is 4.86. The summed E-state index contributed by atoms with van der Waals surface area (Å²) in [4.78, 5) is 19.4. The number of rotatable bonds is 2. The maximum atomic E-state index is 12.5. The van der Waals surface area contributed by atoms with E-state index >= 15 is 0 Å². The Bertz CT molecular complexity index is 847. The first-order valence-corrected chi connectivity index (χ1v) is 12.7. The molecule has 4 rings (SSSR count). The Morgan fingerprint density at radius 1 is 1.19 bits per heavy atom. The lowest BCUT2D eigenvalue weighted by Gasteiger charge is -2.52. The van der Waals surface area contributed by atoms with Gasteiger partial charge in [0.05, 0.1) is 12.1 Å². The highest BCUT2D eigenvalue weighted by Crippen LogP contribution is 2.40. The quantitative estimate of drug-likeness (QED) is 0.649. The van der Waals surface area contributed by atoms with Crippen LogP contribution in [0.2, 0.25) is 0 Å². The third-order valence-corrected chi connectivity index (χ3v) is 8.00. The van der Waals surface area contributed by atoms with Crippen molar-refractivity contribution in [3.05, 3.63) is 33.8 Å². The monoisotopic (exact) mass is 507 g/mol. The van der Waals surface area contributed by atoms with Gasteiger partial charge in [-0.2, -0.15) is 0 Å². The van der Waals surface area contributed by atoms with Gasteiger partial charge in [0.25, 0.3) is 0 Å². The highest BCUT2D eigenvalue weighted by molar-refractivity contribution is 9.10. The maximum Gasteiger partial charge on any atom is 0.410 e. The predicted octanol–water partition coefficient (Wildman–Crippen LogP) is 4.20. The first-order valence-electron chi connectivity index (χ1n) is 11.9. The SMILES string of the molecule is C[C@H]1CN(C2(C)CCN(C(=O)OC(C)(C)C)CC2)CCN1[C@@H]1c2ccc(Br)cc2C[C@@H]1O. The molecular weight excluding hydrogens is 470 g/mol. The molecule has 2 heterocycles. The number of hydrogen-bond donors (Lipinski definition) is 1. The molecule has 7 heteroatoms. The predicted molar refractivity (Wildman–Crippen MR) is 130 cm³/mol. The van der Waals surface area contributed by atoms with Gasteiger partial charge in [-0.3, -0.25) is 9.80 Å². The number of carbonyl (C=O) groups is 1. The van der Waals surface area contributed by atoms with Crippen LogP contribution in [0.1, 0.15) is 64.6 Å². The number of aliphatic hydroxyl groups is 1. The normalized spacial score (nSPS) is 29.1. The molecule has 0 aromatic heterocycles. The Labute approximate surface area is 201 Å². The van der Waals surface area contributed by atoms with Crippen molar-refractivity contribution < 1.29 is 14.6 Å². The summed E-state index contributed by atoms with van der Waals surface area (Å²) in [7, 11) is 0. The van der Waals surface area contributed by atoms with Crippen molar-refractivity contribution in [3.63, 3.8) is 0 Å². The number of ether oxygens (including phenoxy) is 1. The standard InChI is InChI=1S/C25H38BrN3O3/c1-17-16-28(25(5)8-10-27(11-9-25)23(31)32-24(2,3)4)12-13-29(17)22-20-7-6-19(26)14-18(20)15-21(22)30/h6-7,14,17,21-22,30H,8-13,15-16H2,1-5H3/t17-,21-,22+/m0/s1. The van der Waals surface area contributed by atoms with Crippen molar-refractivity contribution in [3.8, 4) is 0 Å². The van der Waals surface area contributed by atoms with Gasteiger partial charge in [-0.25, -0.2) is 4.79 Å². The number of benzene rings is 1. The average molecular weight is 509 g/mol. The van der Waals surface area contributed by atoms with E-state index in [0.29, 0.717) is 6.04 Å². The highest BCUT2D eigenvalue weighted by atomic mass is 79.9. The smallest absolute Gasteiger partial charge is 0.410 e. The van der Waals surface area contributed by atoms with Gasteiger partial charge in [-0.05, 0) is 70.7 Å². The Kier molecular flexibility index (Phi) is 6.67. The van der Waals surface area contributed by atoms with Crippen LogP contribution >= 0.6 is 15.9 Å². The lowest BCUT2D eigenvalue weighted by molar-refractivity contribution is -0.0526. The Hall–Kier alpha value is -1.15. The highest BCUT2D eigenvalue weighted by Gasteiger charge is 2.44. The molecular formula is C25H38BrN3O3. The number of aliphatic hydroxyl groups excluding tert-OH is 1. The Balaban J connectivity index is 1.38. The van der Waals surface area contributed by atoms with E-state index < -0.39 is 5.60 Å². The van der Waals surface area contributed by atoms with Gasteiger partial charge in [-0.15, -0.1) is 0 Å². The van der Waals surface area contributed by atoms with Crippen molar-refractivity contribution in [1.29, 1.82) is 0 Å². The van der Waals surface area contributed by atoms with Crippen molar-refractivity contribution in [2.45, 2.75) is 83.2 Å². The molecule has 2 fully saturated rings. The van der Waals surface area contributed by atoms with Crippen LogP contribution in [0.4, 0.5) is 4.79 Å². The van der Waals surface area contributed by atoms with E-state index in [1.807, 2.05) is 25.7 Å². The molecule has 1 amide bonds. The minimum atomic E-state index is -0.455. The Morgan fingerprint density at radius 2 is 1.88 bits per heavy atom. The molecule has 3 atom stereocenters. The second kappa shape index (κ2) is 8.90. The molecule has 1 N–H and O–H groups in total. The number of nitrogens with zero attached hydrogens (tertiary/aromatic N) is 3. The van der Waals surface area contributed by atoms with E-state index in [4.69, 9.17) is 4.74 Å². The zero-order chi connectivity index (χ0) is 23.3. The molecule has 3 aliphatic rings. The fourth-order valence-electron chi connectivity index (χ4n) is 5.67. The van der Waals surface area contributed by atoms with Gasteiger partial charge < -0.3 is 14.7 Å². The van der Waals surface area contributed by atoms with Crippen LogP contribution < -0.4 is 0 Å². The summed E-state index contributed by atoms with van der Waals surface area (Å²) in [6.45, 7) is 14.8. The second-order valence-electron chi connectivity index (χ2n) is 11.1. The van der Waals surface area contributed by atoms with Gasteiger partial charge in [-0.1, -0.05) is 22.0 Å². The van der Waals surface area contributed by atoms with Crippen molar-refractivity contribution in [2.24, 2.45) is 0 Å². The maximum absolute atomic E-state index is 12.5. The average Bonchev–Trinajstić information content (AvgIpc) is 3.01. The molecule has 0 unspecified atom stereocenters. The number of carbonyl (C=O) groups excluding carboxylic acids is 1. The minimum Gasteiger partial charge on any atom is -0.444 e. The van der Waals surface area contributed by atoms with Crippen LogP contribution in [-0.2, 0) is 11.2 Å². The first kappa shape index (κ1) is 24.0. The van der Waals surface area contributed by atoms with E-state index in [0.717, 1.165) is 56.5 Å². The molecule has 1 aromatic carbocycles. The second-order valence-corrected chi connectivity index (χ2v) is 12.0. The first-order chi connectivity index (χ1) is 15.0. The molecule has 0 saturated carbocycles. The summed E-state index contributed by atoms with van der Waals surface area (Å²) in [6.07, 6.45) is 2.10. The van der Waals surface area contributed by atoms with Gasteiger partial charge in [0.1, 0.15) is 5.60 Å². The summed E-state index contributed by atoms with van der Waals surface area (Å²) in [5.74, 6) is 0. The van der Waals surface area contributed by atoms with Crippen molar-refractivity contribution in [2.75, 3.05) is 32.7 Å². The van der Waals surface area contributed by atoms with Gasteiger partial charge in [0.2, 0.25) is 0 Å². The van der Waals surface area contributed by atoms with Gasteiger partial charge in [0, 0.05) is 55.2 Å². The molecule has 1 aliphatic carbocycles. The number of piperazine rings is 1. The summed E-state index contributed by atoms with van der Waals surface area (Å²) < 4.78 is 6.64. The zero-order valence-corrected chi connectivity index (χ0v) is 21.7. The largest absolute Gasteiger partial charge is 0.444 e. The molecule has 178 valence electrons. The number of amides is 1. The summed E-state index contributed by atoms with van der Waals surface area (Å²) in [6, 6.07) is 6.85. The van der Waals surface area contributed by atoms with E-state index in [2.05, 4.69) is 57.8 Å². The van der Waals surface area contributed by atoms with E-state index in [-0.39, 0.29) is 23.8 Å². The fraction of sp³-hybridized carbons (Fsp3) is 0.720. The van der Waals surface area contributed by atoms with Gasteiger partial charge >= 0.3 is 6.09 Å². The van der Waals surface area contributed by atoms with Gasteiger partial charge in [0.15, 0.2) is 0 Å². The topological polar surface area (TPSA) is 56.2 Å². The van der Waals surface area contributed by atoms with Crippen LogP contribution in [0.5, 0.6) is 0 Å². The fourth-order valence-corrected chi connectivity index (χ4v) is 6.08. The van der Waals surface area contributed by atoms with Crippen LogP contribution in [0.15, 0.2) is 22.7 Å². The number of likely N-dealkylation sites (tertiary alicyclic amines) is 1. The lowest BCUT2D eigenvalue weighted by Crippen LogP contribution is -2.62. The van der Waals surface area contributed by atoms with Crippen LogP contribution in [0.25, 0.3) is 0 Å². The van der Waals surface area contributed by atoms with Crippen molar-refractivity contribution >= 4 is 22.0 Å². The van der Waals surface area contributed by atoms with Crippen LogP contribution in [0.3, 0.4) is 0 Å². The molecule has 2 saturated heterocycles. The number of piperidine rings is 1. The van der Waals surface area contributed by atoms with E-state index in [1.54, 1.807) is 0 Å².